The highest BCUT2D eigenvalue weighted by atomic mass is 32.2. The van der Waals surface area contributed by atoms with Crippen LogP contribution in [0.5, 0.6) is 0 Å². The number of sulfonamides is 1. The lowest BCUT2D eigenvalue weighted by Gasteiger charge is -2.34. The van der Waals surface area contributed by atoms with Gasteiger partial charge >= 0.3 is 6.09 Å². The van der Waals surface area contributed by atoms with Gasteiger partial charge in [-0.3, -0.25) is 4.90 Å². The number of aromatic nitrogens is 2. The monoisotopic (exact) mass is 428 g/mol. The molecule has 0 radical (unpaired) electrons. The van der Waals surface area contributed by atoms with Crippen LogP contribution >= 0.6 is 0 Å². The molecule has 2 aromatic rings. The highest BCUT2D eigenvalue weighted by Gasteiger charge is 2.35. The van der Waals surface area contributed by atoms with Crippen LogP contribution in [0.3, 0.4) is 0 Å². The van der Waals surface area contributed by atoms with Gasteiger partial charge in [-0.1, -0.05) is 5.16 Å². The number of amides is 1. The normalized spacial score (nSPS) is 18.0. The molecule has 1 atom stereocenters. The molecule has 3 rings (SSSR count). The molecule has 10 nitrogen and oxygen atoms in total. The number of primary sulfonamides is 1. The summed E-state index contributed by atoms with van der Waals surface area (Å²) in [6.07, 6.45) is -0.541. The number of hydrogen-bond donors (Lipinski definition) is 1. The van der Waals surface area contributed by atoms with Crippen molar-refractivity contribution < 1.29 is 31.6 Å². The summed E-state index contributed by atoms with van der Waals surface area (Å²) in [6, 6.07) is 2.59. The largest absolute Gasteiger partial charge is 0.444 e. The third-order valence-corrected chi connectivity index (χ3v) is 4.93. The number of nitrogens with zero attached hydrogens (tertiary/aromatic N) is 3. The number of morpholine rings is 1. The molecule has 1 aliphatic rings. The first kappa shape index (κ1) is 21.1. The first-order chi connectivity index (χ1) is 13.5. The van der Waals surface area contributed by atoms with E-state index in [0.29, 0.717) is 6.61 Å². The van der Waals surface area contributed by atoms with Crippen molar-refractivity contribution in [3.8, 4) is 11.5 Å². The van der Waals surface area contributed by atoms with Crippen LogP contribution in [-0.4, -0.2) is 54.9 Å². The average molecular weight is 428 g/mol. The average Bonchev–Trinajstić information content (AvgIpc) is 3.09. The van der Waals surface area contributed by atoms with Crippen molar-refractivity contribution in [2.75, 3.05) is 19.8 Å². The quantitative estimate of drug-likeness (QED) is 0.781. The highest BCUT2D eigenvalue weighted by Crippen LogP contribution is 2.28. The Bertz CT molecular complexity index is 1020. The van der Waals surface area contributed by atoms with E-state index in [1.165, 1.54) is 11.0 Å². The fourth-order valence-electron chi connectivity index (χ4n) is 2.71. The summed E-state index contributed by atoms with van der Waals surface area (Å²) in [5.74, 6) is -0.933. The molecule has 0 unspecified atom stereocenters. The van der Waals surface area contributed by atoms with E-state index in [1.54, 1.807) is 20.8 Å². The summed E-state index contributed by atoms with van der Waals surface area (Å²) >= 11 is 0. The molecular formula is C17H21FN4O6S. The Morgan fingerprint density at radius 1 is 1.38 bits per heavy atom. The number of nitrogens with two attached hydrogens (primary N) is 1. The standard InChI is InChI=1S/C17H21FN4O6S/c1-17(2,3)27-16(23)22-6-7-26-9-12(22)14-20-15(28-21-14)10-4-5-13(11(18)8-10)29(19,24)25/h4-5,8,12H,6-7,9H2,1-3H3,(H2,19,24,25)/t12-/m0/s1. The maximum absolute atomic E-state index is 14.1. The molecule has 1 fully saturated rings. The van der Waals surface area contributed by atoms with Crippen LogP contribution < -0.4 is 5.14 Å². The Hall–Kier alpha value is -2.57. The molecule has 158 valence electrons. The van der Waals surface area contributed by atoms with Crippen molar-refractivity contribution in [2.24, 2.45) is 5.14 Å². The Morgan fingerprint density at radius 2 is 2.10 bits per heavy atom. The van der Waals surface area contributed by atoms with Crippen molar-refractivity contribution >= 4 is 16.1 Å². The second kappa shape index (κ2) is 7.69. The van der Waals surface area contributed by atoms with E-state index < -0.39 is 38.5 Å². The molecule has 0 aliphatic carbocycles. The molecule has 29 heavy (non-hydrogen) atoms. The van der Waals surface area contributed by atoms with Gasteiger partial charge in [0.05, 0.1) is 13.2 Å². The molecule has 0 spiro atoms. The minimum atomic E-state index is -4.19. The fraction of sp³-hybridized carbons (Fsp3) is 0.471. The third-order valence-electron chi connectivity index (χ3n) is 3.98. The molecule has 1 aromatic carbocycles. The van der Waals surface area contributed by atoms with Crippen molar-refractivity contribution in [3.05, 3.63) is 29.8 Å². The smallest absolute Gasteiger partial charge is 0.411 e. The van der Waals surface area contributed by atoms with Gasteiger partial charge in [-0.25, -0.2) is 22.7 Å². The van der Waals surface area contributed by atoms with Crippen LogP contribution in [0.1, 0.15) is 32.6 Å². The lowest BCUT2D eigenvalue weighted by atomic mass is 10.2. The van der Waals surface area contributed by atoms with E-state index in [-0.39, 0.29) is 30.4 Å². The maximum atomic E-state index is 14.1. The molecule has 2 N–H and O–H groups in total. The van der Waals surface area contributed by atoms with Crippen LogP contribution in [0.4, 0.5) is 9.18 Å². The molecule has 0 bridgehead atoms. The van der Waals surface area contributed by atoms with E-state index in [9.17, 15) is 17.6 Å². The zero-order valence-electron chi connectivity index (χ0n) is 16.1. The Labute approximate surface area is 166 Å². The van der Waals surface area contributed by atoms with Gasteiger partial charge in [-0.15, -0.1) is 0 Å². The van der Waals surface area contributed by atoms with E-state index >= 15 is 0 Å². The summed E-state index contributed by atoms with van der Waals surface area (Å²) in [5.41, 5.74) is -0.514. The lowest BCUT2D eigenvalue weighted by Crippen LogP contribution is -2.46. The number of carbonyl (C=O) groups excluding carboxylic acids is 1. The van der Waals surface area contributed by atoms with E-state index in [4.69, 9.17) is 19.1 Å². The summed E-state index contributed by atoms with van der Waals surface area (Å²) in [5, 5.41) is 8.82. The Morgan fingerprint density at radius 3 is 2.72 bits per heavy atom. The maximum Gasteiger partial charge on any atom is 0.411 e. The van der Waals surface area contributed by atoms with Crippen LogP contribution in [0.25, 0.3) is 11.5 Å². The SMILES string of the molecule is CC(C)(C)OC(=O)N1CCOC[C@H]1c1noc(-c2ccc(S(N)(=O)=O)c(F)c2)n1. The van der Waals surface area contributed by atoms with Crippen molar-refractivity contribution in [1.82, 2.24) is 15.0 Å². The van der Waals surface area contributed by atoms with Crippen LogP contribution in [0.15, 0.2) is 27.6 Å². The number of ether oxygens (including phenoxy) is 2. The Balaban J connectivity index is 1.86. The van der Waals surface area contributed by atoms with Gasteiger partial charge in [0.25, 0.3) is 5.89 Å². The number of carbonyl (C=O) groups is 1. The van der Waals surface area contributed by atoms with E-state index in [2.05, 4.69) is 10.1 Å². The number of halogens is 1. The van der Waals surface area contributed by atoms with Crippen molar-refractivity contribution in [1.29, 1.82) is 0 Å². The fourth-order valence-corrected chi connectivity index (χ4v) is 3.30. The molecule has 1 aliphatic heterocycles. The second-order valence-corrected chi connectivity index (χ2v) is 8.94. The molecule has 1 amide bonds. The number of benzene rings is 1. The first-order valence-electron chi connectivity index (χ1n) is 8.69. The summed E-state index contributed by atoms with van der Waals surface area (Å²) < 4.78 is 52.7. The lowest BCUT2D eigenvalue weighted by molar-refractivity contribution is -0.0354. The van der Waals surface area contributed by atoms with E-state index in [0.717, 1.165) is 12.1 Å². The van der Waals surface area contributed by atoms with Gasteiger partial charge in [-0.05, 0) is 39.0 Å². The predicted octanol–water partition coefficient (Wildman–Crippen LogP) is 1.83. The first-order valence-corrected chi connectivity index (χ1v) is 10.2. The third kappa shape index (κ3) is 4.89. The molecule has 2 heterocycles. The molecule has 1 aromatic heterocycles. The summed E-state index contributed by atoms with van der Waals surface area (Å²) in [4.78, 5) is 17.5. The van der Waals surface area contributed by atoms with Crippen molar-refractivity contribution in [3.63, 3.8) is 0 Å². The van der Waals surface area contributed by atoms with Crippen LogP contribution in [0, 0.1) is 5.82 Å². The van der Waals surface area contributed by atoms with Gasteiger partial charge in [0.15, 0.2) is 5.82 Å². The zero-order chi connectivity index (χ0) is 21.4. The summed E-state index contributed by atoms with van der Waals surface area (Å²) in [6.45, 7) is 6.02. The topological polar surface area (TPSA) is 138 Å². The van der Waals surface area contributed by atoms with Crippen LogP contribution in [0.2, 0.25) is 0 Å². The molecule has 1 saturated heterocycles. The zero-order valence-corrected chi connectivity index (χ0v) is 16.9. The highest BCUT2D eigenvalue weighted by molar-refractivity contribution is 7.89. The van der Waals surface area contributed by atoms with Crippen LogP contribution in [-0.2, 0) is 19.5 Å². The minimum absolute atomic E-state index is 0.0467. The van der Waals surface area contributed by atoms with E-state index in [1.807, 2.05) is 0 Å². The predicted molar refractivity (Wildman–Crippen MR) is 97.6 cm³/mol. The van der Waals surface area contributed by atoms with Gasteiger partial charge < -0.3 is 14.0 Å². The summed E-state index contributed by atoms with van der Waals surface area (Å²) in [7, 11) is -4.19. The van der Waals surface area contributed by atoms with Gasteiger partial charge in [-0.2, -0.15) is 4.98 Å². The molecule has 0 saturated carbocycles. The number of hydrogen-bond acceptors (Lipinski definition) is 8. The molecule has 12 heteroatoms. The van der Waals surface area contributed by atoms with Gasteiger partial charge in [0.1, 0.15) is 22.4 Å². The van der Waals surface area contributed by atoms with Gasteiger partial charge in [0.2, 0.25) is 10.0 Å². The second-order valence-electron chi connectivity index (χ2n) is 7.41. The van der Waals surface area contributed by atoms with Crippen molar-refractivity contribution in [2.45, 2.75) is 37.3 Å². The number of rotatable bonds is 3. The van der Waals surface area contributed by atoms with Gasteiger partial charge in [0, 0.05) is 12.1 Å². The minimum Gasteiger partial charge on any atom is -0.444 e. The molecular weight excluding hydrogens is 407 g/mol. The Kier molecular flexibility index (Phi) is 5.61.